The van der Waals surface area contributed by atoms with Gasteiger partial charge >= 0.3 is 5.97 Å². The van der Waals surface area contributed by atoms with Gasteiger partial charge in [0.25, 0.3) is 5.91 Å². The molecular weight excluding hydrogens is 598 g/mol. The van der Waals surface area contributed by atoms with E-state index in [0.717, 1.165) is 29.5 Å². The lowest BCUT2D eigenvalue weighted by Gasteiger charge is -2.49. The molecular formula is C30H32ClN3O6S2. The van der Waals surface area contributed by atoms with Crippen LogP contribution < -0.4 is 10.0 Å². The molecule has 4 atom stereocenters. The first-order valence-corrected chi connectivity index (χ1v) is 16.9. The Labute approximate surface area is 253 Å². The summed E-state index contributed by atoms with van der Waals surface area (Å²) < 4.78 is 27.4. The topological polar surface area (TPSA) is 133 Å². The van der Waals surface area contributed by atoms with E-state index >= 15 is 0 Å². The molecule has 1 aliphatic heterocycles. The Balaban J connectivity index is 1.54. The Morgan fingerprint density at radius 3 is 2.45 bits per heavy atom. The summed E-state index contributed by atoms with van der Waals surface area (Å²) in [6.07, 6.45) is 4.38. The monoisotopic (exact) mass is 629 g/mol. The Kier molecular flexibility index (Phi) is 9.03. The molecule has 2 aliphatic rings. The molecule has 0 radical (unpaired) electrons. The van der Waals surface area contributed by atoms with E-state index in [1.165, 1.54) is 11.3 Å². The van der Waals surface area contributed by atoms with Crippen molar-refractivity contribution in [3.8, 4) is 0 Å². The van der Waals surface area contributed by atoms with Crippen molar-refractivity contribution >= 4 is 50.7 Å². The largest absolute Gasteiger partial charge is 0.477 e. The summed E-state index contributed by atoms with van der Waals surface area (Å²) in [4.78, 5) is 42.4. The maximum atomic E-state index is 14.2. The van der Waals surface area contributed by atoms with Gasteiger partial charge in [-0.25, -0.2) is 17.9 Å². The summed E-state index contributed by atoms with van der Waals surface area (Å²) in [5, 5.41) is 12.8. The van der Waals surface area contributed by atoms with Crippen molar-refractivity contribution in [2.75, 3.05) is 12.8 Å². The van der Waals surface area contributed by atoms with Crippen LogP contribution in [0.3, 0.4) is 0 Å². The number of benzene rings is 2. The SMILES string of the molecule is CS(=O)(=O)N[C@H]1CCCC[C@@H]1N1C(=O)c2ccccc2[C@@H](C(=O)NCCc2ccc(C(=O)O)s2)[C@@H]1c1ccc(Cl)cc1. The molecule has 3 aromatic rings. The minimum absolute atomic E-state index is 0.235. The van der Waals surface area contributed by atoms with E-state index in [2.05, 4.69) is 10.0 Å². The second kappa shape index (κ2) is 12.5. The summed E-state index contributed by atoms with van der Waals surface area (Å²) >= 11 is 7.38. The molecule has 2 aromatic carbocycles. The number of thiophene rings is 1. The maximum Gasteiger partial charge on any atom is 0.345 e. The highest BCUT2D eigenvalue weighted by Crippen LogP contribution is 2.46. The third kappa shape index (κ3) is 6.54. The number of carboxylic acids is 1. The number of halogens is 1. The van der Waals surface area contributed by atoms with Crippen LogP contribution >= 0.6 is 22.9 Å². The Hall–Kier alpha value is -3.25. The lowest BCUT2D eigenvalue weighted by atomic mass is 9.76. The van der Waals surface area contributed by atoms with Gasteiger partial charge < -0.3 is 15.3 Å². The summed E-state index contributed by atoms with van der Waals surface area (Å²) in [6, 6.07) is 15.7. The van der Waals surface area contributed by atoms with Gasteiger partial charge in [-0.05, 0) is 60.7 Å². The first-order chi connectivity index (χ1) is 20.0. The van der Waals surface area contributed by atoms with Crippen LogP contribution in [0.15, 0.2) is 60.7 Å². The molecule has 2 amide bonds. The zero-order valence-electron chi connectivity index (χ0n) is 23.0. The smallest absolute Gasteiger partial charge is 0.345 e. The molecule has 1 aromatic heterocycles. The number of carboxylic acid groups (broad SMARTS) is 1. The van der Waals surface area contributed by atoms with Crippen LogP contribution in [0.1, 0.15) is 73.7 Å². The third-order valence-electron chi connectivity index (χ3n) is 7.87. The number of nitrogens with one attached hydrogen (secondary N) is 2. The van der Waals surface area contributed by atoms with Gasteiger partial charge in [0.1, 0.15) is 4.88 Å². The van der Waals surface area contributed by atoms with E-state index in [4.69, 9.17) is 11.6 Å². The van der Waals surface area contributed by atoms with Crippen LogP contribution in [0.2, 0.25) is 5.02 Å². The van der Waals surface area contributed by atoms with E-state index in [9.17, 15) is 27.9 Å². The van der Waals surface area contributed by atoms with Crippen molar-refractivity contribution in [2.24, 2.45) is 0 Å². The first kappa shape index (κ1) is 30.2. The quantitative estimate of drug-likeness (QED) is 0.317. The van der Waals surface area contributed by atoms with Crippen molar-refractivity contribution < 1.29 is 27.9 Å². The van der Waals surface area contributed by atoms with Crippen LogP contribution in [0, 0.1) is 0 Å². The standard InChI is InChI=1S/C30H32ClN3O6S2/c1-42(39,40)33-23-8-4-5-9-24(23)34-27(18-10-12-19(31)13-11-18)26(21-6-2-3-7-22(21)29(34)36)28(35)32-17-16-20-14-15-25(41-20)30(37)38/h2-3,6-7,10-15,23-24,26-27,33H,4-5,8-9,16-17H2,1H3,(H,32,35)(H,37,38)/t23-,24-,26+,27-/m0/s1. The molecule has 9 nitrogen and oxygen atoms in total. The third-order valence-corrected chi connectivity index (χ3v) is 9.98. The van der Waals surface area contributed by atoms with Gasteiger partial charge in [-0.1, -0.05) is 54.8 Å². The number of nitrogens with zero attached hydrogens (tertiary/aromatic N) is 1. The molecule has 0 bridgehead atoms. The minimum Gasteiger partial charge on any atom is -0.477 e. The number of carbonyl (C=O) groups excluding carboxylic acids is 2. The predicted molar refractivity (Wildman–Crippen MR) is 162 cm³/mol. The molecule has 42 heavy (non-hydrogen) atoms. The van der Waals surface area contributed by atoms with Crippen molar-refractivity contribution in [3.63, 3.8) is 0 Å². The fourth-order valence-electron chi connectivity index (χ4n) is 6.12. The number of fused-ring (bicyclic) bond motifs is 1. The molecule has 2 heterocycles. The normalized spacial score (nSPS) is 22.4. The molecule has 0 spiro atoms. The maximum absolute atomic E-state index is 14.2. The molecule has 1 fully saturated rings. The van der Waals surface area contributed by atoms with E-state index in [1.54, 1.807) is 53.4 Å². The molecule has 5 rings (SSSR count). The van der Waals surface area contributed by atoms with Gasteiger partial charge in [0.15, 0.2) is 0 Å². The number of sulfonamides is 1. The van der Waals surface area contributed by atoms with Crippen LogP contribution in [-0.4, -0.2) is 61.1 Å². The fraction of sp³-hybridized carbons (Fsp3) is 0.367. The molecule has 1 saturated carbocycles. The molecule has 12 heteroatoms. The summed E-state index contributed by atoms with van der Waals surface area (Å²) in [5.74, 6) is -2.30. The molecule has 1 aliphatic carbocycles. The van der Waals surface area contributed by atoms with Gasteiger partial charge in [-0.15, -0.1) is 11.3 Å². The van der Waals surface area contributed by atoms with Crippen LogP contribution in [0.5, 0.6) is 0 Å². The van der Waals surface area contributed by atoms with Crippen molar-refractivity contribution in [1.82, 2.24) is 14.9 Å². The second-order valence-corrected chi connectivity index (χ2v) is 14.1. The van der Waals surface area contributed by atoms with Crippen molar-refractivity contribution in [1.29, 1.82) is 0 Å². The summed E-state index contributed by atoms with van der Waals surface area (Å²) in [7, 11) is -3.55. The predicted octanol–water partition coefficient (Wildman–Crippen LogP) is 4.60. The van der Waals surface area contributed by atoms with Crippen LogP contribution in [-0.2, 0) is 21.2 Å². The van der Waals surface area contributed by atoms with E-state index in [0.29, 0.717) is 35.4 Å². The van der Waals surface area contributed by atoms with Gasteiger partial charge in [-0.3, -0.25) is 9.59 Å². The number of rotatable bonds is 9. The highest BCUT2D eigenvalue weighted by atomic mass is 35.5. The van der Waals surface area contributed by atoms with Gasteiger partial charge in [0, 0.05) is 34.1 Å². The Bertz CT molecular complexity index is 1590. The van der Waals surface area contributed by atoms with Crippen LogP contribution in [0.25, 0.3) is 0 Å². The van der Waals surface area contributed by atoms with Crippen molar-refractivity contribution in [3.05, 3.63) is 92.1 Å². The van der Waals surface area contributed by atoms with Gasteiger partial charge in [0.2, 0.25) is 15.9 Å². The first-order valence-electron chi connectivity index (χ1n) is 13.8. The highest BCUT2D eigenvalue weighted by Gasteiger charge is 2.48. The summed E-state index contributed by atoms with van der Waals surface area (Å²) in [6.45, 7) is 0.278. The average molecular weight is 630 g/mol. The molecule has 3 N–H and O–H groups in total. The zero-order chi connectivity index (χ0) is 30.0. The van der Waals surface area contributed by atoms with E-state index in [-0.39, 0.29) is 23.2 Å². The lowest BCUT2D eigenvalue weighted by molar-refractivity contribution is -0.124. The number of carbonyl (C=O) groups is 3. The molecule has 0 saturated heterocycles. The number of amides is 2. The second-order valence-electron chi connectivity index (χ2n) is 10.7. The van der Waals surface area contributed by atoms with E-state index in [1.807, 2.05) is 12.1 Å². The molecule has 0 unspecified atom stereocenters. The van der Waals surface area contributed by atoms with Crippen molar-refractivity contribution in [2.45, 2.75) is 56.1 Å². The average Bonchev–Trinajstić information content (AvgIpc) is 3.43. The van der Waals surface area contributed by atoms with E-state index < -0.39 is 40.0 Å². The van der Waals surface area contributed by atoms with Gasteiger partial charge in [-0.2, -0.15) is 0 Å². The number of hydrogen-bond acceptors (Lipinski definition) is 6. The minimum atomic E-state index is -3.55. The van der Waals surface area contributed by atoms with Crippen LogP contribution in [0.4, 0.5) is 0 Å². The number of aromatic carboxylic acids is 1. The zero-order valence-corrected chi connectivity index (χ0v) is 25.3. The summed E-state index contributed by atoms with van der Waals surface area (Å²) in [5.41, 5.74) is 1.73. The van der Waals surface area contributed by atoms with Gasteiger partial charge in [0.05, 0.1) is 18.2 Å². The fourth-order valence-corrected chi connectivity index (χ4v) is 7.91. The lowest BCUT2D eigenvalue weighted by Crippen LogP contribution is -2.59. The Morgan fingerprint density at radius 1 is 1.05 bits per heavy atom. The Morgan fingerprint density at radius 2 is 1.76 bits per heavy atom. The highest BCUT2D eigenvalue weighted by molar-refractivity contribution is 7.88. The number of hydrogen-bond donors (Lipinski definition) is 3. The molecule has 222 valence electrons.